The normalized spacial score (nSPS) is 33.9. The van der Waals surface area contributed by atoms with Crippen molar-refractivity contribution >= 4 is 0 Å². The van der Waals surface area contributed by atoms with Gasteiger partial charge in [0.05, 0.1) is 32.1 Å². The lowest BCUT2D eigenvalue weighted by molar-refractivity contribution is -0.0561. The molecule has 5 nitrogen and oxygen atoms in total. The molecule has 0 radical (unpaired) electrons. The average Bonchev–Trinajstić information content (AvgIpc) is 3.02. The topological polar surface area (TPSA) is 58.7 Å². The fourth-order valence-corrected chi connectivity index (χ4v) is 3.19. The second-order valence-corrected chi connectivity index (χ2v) is 5.25. The number of morpholine rings is 1. The quantitative estimate of drug-likeness (QED) is 0.871. The number of ether oxygens (including phenoxy) is 1. The van der Waals surface area contributed by atoms with Gasteiger partial charge in [-0.3, -0.25) is 4.90 Å². The van der Waals surface area contributed by atoms with Crippen molar-refractivity contribution in [2.75, 3.05) is 19.8 Å². The van der Waals surface area contributed by atoms with Gasteiger partial charge in [0.25, 0.3) is 0 Å². The summed E-state index contributed by atoms with van der Waals surface area (Å²) in [6.07, 6.45) is 4.65. The van der Waals surface area contributed by atoms with Crippen LogP contribution in [0.15, 0.2) is 16.8 Å². The van der Waals surface area contributed by atoms with Crippen LogP contribution in [-0.4, -0.2) is 47.1 Å². The third-order valence-corrected chi connectivity index (χ3v) is 4.16. The van der Waals surface area contributed by atoms with Crippen molar-refractivity contribution in [2.24, 2.45) is 5.92 Å². The molecule has 2 heterocycles. The van der Waals surface area contributed by atoms with Crippen LogP contribution in [0.5, 0.6) is 0 Å². The first-order valence-corrected chi connectivity index (χ1v) is 6.74. The molecule has 0 amide bonds. The molecule has 18 heavy (non-hydrogen) atoms. The van der Waals surface area contributed by atoms with Crippen LogP contribution < -0.4 is 0 Å². The molecule has 3 unspecified atom stereocenters. The number of hydrogen-bond acceptors (Lipinski definition) is 5. The Morgan fingerprint density at radius 2 is 2.39 bits per heavy atom. The van der Waals surface area contributed by atoms with Crippen LogP contribution in [-0.2, 0) is 11.3 Å². The van der Waals surface area contributed by atoms with Gasteiger partial charge in [-0.15, -0.1) is 0 Å². The minimum absolute atomic E-state index is 0.172. The van der Waals surface area contributed by atoms with E-state index in [9.17, 15) is 5.11 Å². The van der Waals surface area contributed by atoms with Crippen LogP contribution >= 0.6 is 0 Å². The van der Waals surface area contributed by atoms with E-state index in [4.69, 9.17) is 9.26 Å². The van der Waals surface area contributed by atoms with E-state index in [1.165, 1.54) is 0 Å². The molecule has 1 aliphatic heterocycles. The van der Waals surface area contributed by atoms with Crippen LogP contribution in [0, 0.1) is 5.92 Å². The van der Waals surface area contributed by atoms with Gasteiger partial charge >= 0.3 is 0 Å². The largest absolute Gasteiger partial charge is 0.393 e. The molecule has 1 N–H and O–H groups in total. The molecule has 0 aromatic carbocycles. The van der Waals surface area contributed by atoms with E-state index in [0.717, 1.165) is 51.3 Å². The SMILES string of the molecule is OC1CCCC1C1COCCN1Cc1ccno1. The number of aliphatic hydroxyl groups is 1. The van der Waals surface area contributed by atoms with Crippen molar-refractivity contribution in [1.29, 1.82) is 0 Å². The second-order valence-electron chi connectivity index (χ2n) is 5.25. The van der Waals surface area contributed by atoms with Gasteiger partial charge in [0, 0.05) is 24.6 Å². The van der Waals surface area contributed by atoms with Crippen LogP contribution in [0.25, 0.3) is 0 Å². The Kier molecular flexibility index (Phi) is 3.63. The molecule has 1 aromatic heterocycles. The predicted octanol–water partition coefficient (Wildman–Crippen LogP) is 1.04. The minimum Gasteiger partial charge on any atom is -0.393 e. The summed E-state index contributed by atoms with van der Waals surface area (Å²) in [5.41, 5.74) is 0. The minimum atomic E-state index is -0.172. The Morgan fingerprint density at radius 1 is 1.44 bits per heavy atom. The van der Waals surface area contributed by atoms with Gasteiger partial charge in [0.2, 0.25) is 0 Å². The summed E-state index contributed by atoms with van der Waals surface area (Å²) in [4.78, 5) is 2.36. The van der Waals surface area contributed by atoms with E-state index < -0.39 is 0 Å². The van der Waals surface area contributed by atoms with E-state index in [0.29, 0.717) is 12.0 Å². The highest BCUT2D eigenvalue weighted by Crippen LogP contribution is 2.32. The third-order valence-electron chi connectivity index (χ3n) is 4.16. The molecule has 1 saturated heterocycles. The lowest BCUT2D eigenvalue weighted by Crippen LogP contribution is -2.50. The summed E-state index contributed by atoms with van der Waals surface area (Å²) in [5, 5.41) is 13.8. The first kappa shape index (κ1) is 12.1. The fourth-order valence-electron chi connectivity index (χ4n) is 3.19. The van der Waals surface area contributed by atoms with E-state index in [2.05, 4.69) is 10.1 Å². The molecule has 3 atom stereocenters. The van der Waals surface area contributed by atoms with Crippen molar-refractivity contribution in [3.63, 3.8) is 0 Å². The summed E-state index contributed by atoms with van der Waals surface area (Å²) in [6, 6.07) is 2.21. The Hall–Kier alpha value is -0.910. The smallest absolute Gasteiger partial charge is 0.150 e. The van der Waals surface area contributed by atoms with Crippen LogP contribution in [0.2, 0.25) is 0 Å². The van der Waals surface area contributed by atoms with Gasteiger partial charge in [-0.25, -0.2) is 0 Å². The summed E-state index contributed by atoms with van der Waals surface area (Å²) in [7, 11) is 0. The molecule has 5 heteroatoms. The zero-order valence-corrected chi connectivity index (χ0v) is 10.5. The highest BCUT2D eigenvalue weighted by atomic mass is 16.5. The van der Waals surface area contributed by atoms with Gasteiger partial charge < -0.3 is 14.4 Å². The lowest BCUT2D eigenvalue weighted by atomic mass is 9.94. The zero-order valence-electron chi connectivity index (χ0n) is 10.5. The highest BCUT2D eigenvalue weighted by molar-refractivity contribution is 4.96. The monoisotopic (exact) mass is 252 g/mol. The maximum Gasteiger partial charge on any atom is 0.150 e. The summed E-state index contributed by atoms with van der Waals surface area (Å²) >= 11 is 0. The molecule has 1 aromatic rings. The Balaban J connectivity index is 1.69. The number of hydrogen-bond donors (Lipinski definition) is 1. The average molecular weight is 252 g/mol. The van der Waals surface area contributed by atoms with Crippen LogP contribution in [0.1, 0.15) is 25.0 Å². The van der Waals surface area contributed by atoms with Gasteiger partial charge in [-0.05, 0) is 12.8 Å². The van der Waals surface area contributed by atoms with Gasteiger partial charge in [0.1, 0.15) is 0 Å². The van der Waals surface area contributed by atoms with E-state index in [1.807, 2.05) is 6.07 Å². The first-order chi connectivity index (χ1) is 8.84. The molecule has 100 valence electrons. The molecule has 2 fully saturated rings. The molecular weight excluding hydrogens is 232 g/mol. The number of rotatable bonds is 3. The maximum atomic E-state index is 10.1. The molecule has 0 bridgehead atoms. The first-order valence-electron chi connectivity index (χ1n) is 6.74. The summed E-state index contributed by atoms with van der Waals surface area (Å²) < 4.78 is 10.8. The molecule has 3 rings (SSSR count). The van der Waals surface area contributed by atoms with Crippen molar-refractivity contribution < 1.29 is 14.4 Å². The Labute approximate surface area is 107 Å². The van der Waals surface area contributed by atoms with Gasteiger partial charge in [-0.2, -0.15) is 0 Å². The number of nitrogens with zero attached hydrogens (tertiary/aromatic N) is 2. The molecule has 0 spiro atoms. The highest BCUT2D eigenvalue weighted by Gasteiger charge is 2.37. The lowest BCUT2D eigenvalue weighted by Gasteiger charge is -2.39. The van der Waals surface area contributed by atoms with E-state index >= 15 is 0 Å². The molecule has 2 aliphatic rings. The van der Waals surface area contributed by atoms with E-state index in [1.54, 1.807) is 6.20 Å². The molecule has 1 saturated carbocycles. The standard InChI is InChI=1S/C13H20N2O3/c16-13-3-1-2-11(13)12-9-17-7-6-15(12)8-10-4-5-14-18-10/h4-5,11-13,16H,1-3,6-9H2. The second kappa shape index (κ2) is 5.38. The zero-order chi connectivity index (χ0) is 12.4. The van der Waals surface area contributed by atoms with E-state index in [-0.39, 0.29) is 6.10 Å². The van der Waals surface area contributed by atoms with Crippen molar-refractivity contribution in [3.8, 4) is 0 Å². The van der Waals surface area contributed by atoms with Crippen molar-refractivity contribution in [1.82, 2.24) is 10.1 Å². The van der Waals surface area contributed by atoms with Crippen molar-refractivity contribution in [3.05, 3.63) is 18.0 Å². The van der Waals surface area contributed by atoms with Crippen LogP contribution in [0.4, 0.5) is 0 Å². The van der Waals surface area contributed by atoms with Gasteiger partial charge in [-0.1, -0.05) is 11.6 Å². The van der Waals surface area contributed by atoms with Crippen LogP contribution in [0.3, 0.4) is 0 Å². The Morgan fingerprint density at radius 3 is 3.11 bits per heavy atom. The molecular formula is C13H20N2O3. The fraction of sp³-hybridized carbons (Fsp3) is 0.769. The Bertz CT molecular complexity index is 368. The van der Waals surface area contributed by atoms with Gasteiger partial charge in [0.15, 0.2) is 5.76 Å². The predicted molar refractivity (Wildman–Crippen MR) is 64.9 cm³/mol. The summed E-state index contributed by atoms with van der Waals surface area (Å²) in [5.74, 6) is 1.22. The molecule has 1 aliphatic carbocycles. The summed E-state index contributed by atoms with van der Waals surface area (Å²) in [6.45, 7) is 3.13. The third kappa shape index (κ3) is 2.43. The number of aromatic nitrogens is 1. The number of aliphatic hydroxyl groups excluding tert-OH is 1. The van der Waals surface area contributed by atoms with Crippen molar-refractivity contribution in [2.45, 2.75) is 38.0 Å². The maximum absolute atomic E-state index is 10.1.